The van der Waals surface area contributed by atoms with Crippen LogP contribution in [0.2, 0.25) is 0 Å². The van der Waals surface area contributed by atoms with Crippen LogP contribution in [0.3, 0.4) is 0 Å². The van der Waals surface area contributed by atoms with Crippen LogP contribution in [0.15, 0.2) is 54.3 Å². The highest BCUT2D eigenvalue weighted by Crippen LogP contribution is 2.45. The van der Waals surface area contributed by atoms with Gasteiger partial charge in [-0.15, -0.1) is 0 Å². The van der Waals surface area contributed by atoms with Crippen LogP contribution in [0.5, 0.6) is 0 Å². The number of likely N-dealkylation sites (tertiary alicyclic amines) is 1. The summed E-state index contributed by atoms with van der Waals surface area (Å²) in [4.78, 5) is 13.2. The van der Waals surface area contributed by atoms with E-state index in [1.54, 1.807) is 0 Å². The second kappa shape index (κ2) is 9.23. The molecule has 1 aliphatic carbocycles. The van der Waals surface area contributed by atoms with Crippen LogP contribution in [0.25, 0.3) is 0 Å². The van der Waals surface area contributed by atoms with E-state index in [9.17, 15) is 4.79 Å². The molecule has 2 atom stereocenters. The van der Waals surface area contributed by atoms with Crippen molar-refractivity contribution in [3.8, 4) is 0 Å². The predicted octanol–water partition coefficient (Wildman–Crippen LogP) is 4.60. The van der Waals surface area contributed by atoms with Gasteiger partial charge in [-0.05, 0) is 55.1 Å². The van der Waals surface area contributed by atoms with E-state index in [2.05, 4.69) is 54.3 Å². The standard InChI is InChI=1S/C23H31NO3/c1-23(13-10-20(11-14-23)24-15-6-3-7-16-24)21(12-17-27-18-22(25)26)19-8-4-2-5-9-19/h2,4-5,8-11,13,21H,3,6-7,12,14-18H2,1H3,(H,25,26). The van der Waals surface area contributed by atoms with Gasteiger partial charge in [0.05, 0.1) is 0 Å². The number of hydrogen-bond donors (Lipinski definition) is 1. The van der Waals surface area contributed by atoms with Crippen LogP contribution in [0.4, 0.5) is 0 Å². The number of carbonyl (C=O) groups is 1. The van der Waals surface area contributed by atoms with E-state index >= 15 is 0 Å². The molecule has 0 spiro atoms. The van der Waals surface area contributed by atoms with Crippen molar-refractivity contribution in [3.63, 3.8) is 0 Å². The summed E-state index contributed by atoms with van der Waals surface area (Å²) in [5.41, 5.74) is 2.66. The van der Waals surface area contributed by atoms with E-state index < -0.39 is 5.97 Å². The highest BCUT2D eigenvalue weighted by Gasteiger charge is 2.34. The van der Waals surface area contributed by atoms with E-state index in [1.807, 2.05) is 6.07 Å². The molecule has 2 aliphatic rings. The molecule has 0 aromatic heterocycles. The summed E-state index contributed by atoms with van der Waals surface area (Å²) in [6, 6.07) is 10.5. The number of piperidine rings is 1. The third-order valence-corrected chi connectivity index (χ3v) is 5.88. The van der Waals surface area contributed by atoms with Gasteiger partial charge in [-0.2, -0.15) is 0 Å². The Labute approximate surface area is 162 Å². The Morgan fingerprint density at radius 2 is 1.96 bits per heavy atom. The Morgan fingerprint density at radius 1 is 1.22 bits per heavy atom. The van der Waals surface area contributed by atoms with Gasteiger partial charge in [0.2, 0.25) is 0 Å². The summed E-state index contributed by atoms with van der Waals surface area (Å²) in [5.74, 6) is -0.618. The highest BCUT2D eigenvalue weighted by atomic mass is 16.5. The largest absolute Gasteiger partial charge is 0.480 e. The normalized spacial score (nSPS) is 23.7. The van der Waals surface area contributed by atoms with Crippen molar-refractivity contribution in [2.45, 2.75) is 44.9 Å². The Hall–Kier alpha value is -2.07. The Bertz CT molecular complexity index is 676. The molecule has 1 N–H and O–H groups in total. The first-order valence-electron chi connectivity index (χ1n) is 10.1. The molecule has 0 amide bonds. The summed E-state index contributed by atoms with van der Waals surface area (Å²) in [6.07, 6.45) is 12.8. The fourth-order valence-corrected chi connectivity index (χ4v) is 4.30. The number of nitrogens with zero attached hydrogens (tertiary/aromatic N) is 1. The molecular weight excluding hydrogens is 338 g/mol. The molecule has 27 heavy (non-hydrogen) atoms. The van der Waals surface area contributed by atoms with Gasteiger partial charge in [-0.25, -0.2) is 4.79 Å². The first-order chi connectivity index (χ1) is 13.1. The number of aliphatic carboxylic acids is 1. The monoisotopic (exact) mass is 369 g/mol. The van der Waals surface area contributed by atoms with Crippen LogP contribution in [-0.2, 0) is 9.53 Å². The van der Waals surface area contributed by atoms with Gasteiger partial charge in [0, 0.05) is 25.4 Å². The molecule has 1 aromatic carbocycles. The van der Waals surface area contributed by atoms with Gasteiger partial charge in [0.25, 0.3) is 0 Å². The molecule has 146 valence electrons. The minimum Gasteiger partial charge on any atom is -0.480 e. The van der Waals surface area contributed by atoms with E-state index in [0.29, 0.717) is 12.5 Å². The maximum Gasteiger partial charge on any atom is 0.329 e. The van der Waals surface area contributed by atoms with Crippen LogP contribution in [0, 0.1) is 5.41 Å². The fourth-order valence-electron chi connectivity index (χ4n) is 4.30. The minimum absolute atomic E-state index is 0.00717. The van der Waals surface area contributed by atoms with Crippen molar-refractivity contribution in [1.82, 2.24) is 4.90 Å². The Balaban J connectivity index is 1.70. The summed E-state index contributed by atoms with van der Waals surface area (Å²) < 4.78 is 5.35. The molecule has 1 heterocycles. The van der Waals surface area contributed by atoms with Gasteiger partial charge in [0.1, 0.15) is 6.61 Å². The molecule has 1 fully saturated rings. The zero-order valence-corrected chi connectivity index (χ0v) is 16.3. The average molecular weight is 370 g/mol. The van der Waals surface area contributed by atoms with Crippen molar-refractivity contribution in [3.05, 3.63) is 59.8 Å². The summed E-state index contributed by atoms with van der Waals surface area (Å²) in [7, 11) is 0. The zero-order valence-electron chi connectivity index (χ0n) is 16.3. The molecule has 0 saturated carbocycles. The lowest BCUT2D eigenvalue weighted by atomic mass is 9.68. The van der Waals surface area contributed by atoms with Crippen LogP contribution in [-0.4, -0.2) is 42.3 Å². The first-order valence-corrected chi connectivity index (χ1v) is 10.1. The van der Waals surface area contributed by atoms with Crippen LogP contribution < -0.4 is 0 Å². The molecule has 4 heteroatoms. The van der Waals surface area contributed by atoms with Crippen LogP contribution >= 0.6 is 0 Å². The molecule has 3 rings (SSSR count). The molecule has 4 nitrogen and oxygen atoms in total. The lowest BCUT2D eigenvalue weighted by Gasteiger charge is -2.39. The SMILES string of the molecule is CC1(C(CCOCC(=O)O)c2ccccc2)C=CC(N2CCCCC2)=CC1. The van der Waals surface area contributed by atoms with Gasteiger partial charge >= 0.3 is 5.97 Å². The van der Waals surface area contributed by atoms with Gasteiger partial charge in [-0.1, -0.05) is 49.4 Å². The number of allylic oxidation sites excluding steroid dienone is 3. The van der Waals surface area contributed by atoms with Crippen molar-refractivity contribution in [2.75, 3.05) is 26.3 Å². The van der Waals surface area contributed by atoms with Crippen molar-refractivity contribution in [1.29, 1.82) is 0 Å². The molecule has 0 radical (unpaired) electrons. The van der Waals surface area contributed by atoms with Gasteiger partial charge in [0.15, 0.2) is 0 Å². The van der Waals surface area contributed by atoms with E-state index in [1.165, 1.54) is 30.5 Å². The second-order valence-electron chi connectivity index (χ2n) is 7.92. The smallest absolute Gasteiger partial charge is 0.329 e. The lowest BCUT2D eigenvalue weighted by Crippen LogP contribution is -2.32. The average Bonchev–Trinajstić information content (AvgIpc) is 2.69. The van der Waals surface area contributed by atoms with Gasteiger partial charge < -0.3 is 14.7 Å². The maximum atomic E-state index is 10.7. The Morgan fingerprint density at radius 3 is 2.59 bits per heavy atom. The molecule has 2 unspecified atom stereocenters. The Kier molecular flexibility index (Phi) is 6.73. The molecule has 1 saturated heterocycles. The summed E-state index contributed by atoms with van der Waals surface area (Å²) in [5, 5.41) is 8.80. The first kappa shape index (κ1) is 19.7. The van der Waals surface area contributed by atoms with Crippen LogP contribution in [0.1, 0.15) is 50.5 Å². The molecule has 0 bridgehead atoms. The van der Waals surface area contributed by atoms with E-state index in [0.717, 1.165) is 25.9 Å². The molecule has 1 aliphatic heterocycles. The van der Waals surface area contributed by atoms with E-state index in [-0.39, 0.29) is 12.0 Å². The zero-order chi connectivity index (χ0) is 19.1. The highest BCUT2D eigenvalue weighted by molar-refractivity contribution is 5.67. The number of ether oxygens (including phenoxy) is 1. The maximum absolute atomic E-state index is 10.7. The summed E-state index contributed by atoms with van der Waals surface area (Å²) in [6.45, 7) is 4.86. The van der Waals surface area contributed by atoms with Crippen molar-refractivity contribution >= 4 is 5.97 Å². The molecule has 1 aromatic rings. The third kappa shape index (κ3) is 5.23. The number of carboxylic acids is 1. The number of hydrogen-bond acceptors (Lipinski definition) is 3. The second-order valence-corrected chi connectivity index (χ2v) is 7.92. The van der Waals surface area contributed by atoms with Crippen molar-refractivity contribution < 1.29 is 14.6 Å². The lowest BCUT2D eigenvalue weighted by molar-refractivity contribution is -0.142. The predicted molar refractivity (Wildman–Crippen MR) is 108 cm³/mol. The minimum atomic E-state index is -0.913. The number of rotatable bonds is 8. The summed E-state index contributed by atoms with van der Waals surface area (Å²) >= 11 is 0. The topological polar surface area (TPSA) is 49.8 Å². The molecular formula is C23H31NO3. The number of carboxylic acid groups (broad SMARTS) is 1. The van der Waals surface area contributed by atoms with E-state index in [4.69, 9.17) is 9.84 Å². The third-order valence-electron chi connectivity index (χ3n) is 5.88. The number of benzene rings is 1. The van der Waals surface area contributed by atoms with Crippen molar-refractivity contribution in [2.24, 2.45) is 5.41 Å². The fraction of sp³-hybridized carbons (Fsp3) is 0.522. The quantitative estimate of drug-likeness (QED) is 0.681. The van der Waals surface area contributed by atoms with Gasteiger partial charge in [-0.3, -0.25) is 0 Å².